The minimum Gasteiger partial charge on any atom is -0.383 e. The minimum atomic E-state index is 0.821. The van der Waals surface area contributed by atoms with E-state index in [1.54, 1.807) is 18.4 Å². The number of aryl methyl sites for hydroxylation is 1. The number of rotatable bonds is 7. The first kappa shape index (κ1) is 21.3. The van der Waals surface area contributed by atoms with Crippen LogP contribution in [0, 0.1) is 6.92 Å². The average Bonchev–Trinajstić information content (AvgIpc) is 3.47. The molecule has 0 bridgehead atoms. The fraction of sp³-hybridized carbons (Fsp3) is 0.346. The zero-order valence-corrected chi connectivity index (χ0v) is 19.6. The Kier molecular flexibility index (Phi) is 6.37. The Labute approximate surface area is 193 Å². The van der Waals surface area contributed by atoms with Gasteiger partial charge >= 0.3 is 0 Å². The number of hydrogen-bond donors (Lipinski definition) is 1. The average molecular weight is 447 g/mol. The zero-order valence-electron chi connectivity index (χ0n) is 18.8. The van der Waals surface area contributed by atoms with Crippen LogP contribution in [0.15, 0.2) is 54.6 Å². The topological polar surface area (TPSA) is 44.4 Å². The van der Waals surface area contributed by atoms with Gasteiger partial charge in [0.05, 0.1) is 22.5 Å². The molecule has 3 heterocycles. The molecule has 0 atom stereocenters. The first-order valence-electron chi connectivity index (χ1n) is 11.3. The molecule has 32 heavy (non-hydrogen) atoms. The molecule has 1 N–H and O–H groups in total. The van der Waals surface area contributed by atoms with Gasteiger partial charge in [-0.1, -0.05) is 36.4 Å². The van der Waals surface area contributed by atoms with Crippen LogP contribution in [-0.2, 0) is 11.3 Å². The van der Waals surface area contributed by atoms with Crippen LogP contribution in [0.5, 0.6) is 0 Å². The van der Waals surface area contributed by atoms with Gasteiger partial charge in [0.1, 0.15) is 5.82 Å². The maximum absolute atomic E-state index is 5.20. The molecular weight excluding hydrogens is 416 g/mol. The Hall–Kier alpha value is -2.51. The van der Waals surface area contributed by atoms with Crippen molar-refractivity contribution in [2.24, 2.45) is 0 Å². The third kappa shape index (κ3) is 4.64. The number of piperazine rings is 1. The molecule has 1 aliphatic rings. The molecular formula is C26H30N4OS. The predicted octanol–water partition coefficient (Wildman–Crippen LogP) is 5.03. The number of fused-ring (bicyclic) bond motifs is 1. The quantitative estimate of drug-likeness (QED) is 0.432. The summed E-state index contributed by atoms with van der Waals surface area (Å²) in [5.74, 6) is 0.951. The van der Waals surface area contributed by atoms with Crippen molar-refractivity contribution < 1.29 is 4.74 Å². The van der Waals surface area contributed by atoms with Gasteiger partial charge in [0.15, 0.2) is 0 Å². The molecule has 2 aromatic carbocycles. The van der Waals surface area contributed by atoms with Gasteiger partial charge in [-0.05, 0) is 41.8 Å². The van der Waals surface area contributed by atoms with Crippen LogP contribution in [0.2, 0.25) is 0 Å². The molecule has 6 heteroatoms. The number of H-pyrrole nitrogens is 1. The van der Waals surface area contributed by atoms with Crippen LogP contribution in [0.4, 0.5) is 0 Å². The summed E-state index contributed by atoms with van der Waals surface area (Å²) in [6, 6.07) is 19.7. The maximum atomic E-state index is 5.20. The van der Waals surface area contributed by atoms with Crippen molar-refractivity contribution in [3.8, 4) is 21.1 Å². The van der Waals surface area contributed by atoms with Gasteiger partial charge in [0.25, 0.3) is 0 Å². The van der Waals surface area contributed by atoms with E-state index in [2.05, 4.69) is 76.3 Å². The lowest BCUT2D eigenvalue weighted by Crippen LogP contribution is -2.46. The smallest absolute Gasteiger partial charge is 0.148 e. The number of hydrogen-bond acceptors (Lipinski definition) is 5. The molecule has 1 saturated heterocycles. The van der Waals surface area contributed by atoms with Crippen molar-refractivity contribution in [2.75, 3.05) is 46.4 Å². The SMILES string of the molecule is COCCN1CCN(Cc2ccc(-c3ccc(-c4nc5c(C)cccc5[nH]4)s3)cc2)CC1. The normalized spacial score (nSPS) is 15.6. The highest BCUT2D eigenvalue weighted by Crippen LogP contribution is 2.34. The van der Waals surface area contributed by atoms with Crippen LogP contribution in [-0.4, -0.2) is 66.2 Å². The van der Waals surface area contributed by atoms with E-state index < -0.39 is 0 Å². The van der Waals surface area contributed by atoms with E-state index >= 15 is 0 Å². The number of methoxy groups -OCH3 is 1. The van der Waals surface area contributed by atoms with Gasteiger partial charge in [0, 0.05) is 51.3 Å². The molecule has 0 saturated carbocycles. The lowest BCUT2D eigenvalue weighted by Gasteiger charge is -2.34. The Bertz CT molecular complexity index is 1170. The van der Waals surface area contributed by atoms with Gasteiger partial charge in [-0.25, -0.2) is 4.98 Å². The van der Waals surface area contributed by atoms with E-state index in [0.29, 0.717) is 0 Å². The zero-order chi connectivity index (χ0) is 21.9. The fourth-order valence-electron chi connectivity index (χ4n) is 4.34. The molecule has 5 rings (SSSR count). The van der Waals surface area contributed by atoms with Gasteiger partial charge in [-0.3, -0.25) is 9.80 Å². The molecule has 0 amide bonds. The summed E-state index contributed by atoms with van der Waals surface area (Å²) in [5.41, 5.74) is 6.00. The van der Waals surface area contributed by atoms with Crippen LogP contribution in [0.1, 0.15) is 11.1 Å². The van der Waals surface area contributed by atoms with Crippen molar-refractivity contribution in [3.05, 3.63) is 65.7 Å². The van der Waals surface area contributed by atoms with Crippen molar-refractivity contribution in [2.45, 2.75) is 13.5 Å². The Morgan fingerprint density at radius 2 is 1.69 bits per heavy atom. The molecule has 4 aromatic rings. The molecule has 0 radical (unpaired) electrons. The molecule has 1 aliphatic heterocycles. The highest BCUT2D eigenvalue weighted by molar-refractivity contribution is 7.18. The molecule has 0 unspecified atom stereocenters. The van der Waals surface area contributed by atoms with E-state index in [1.807, 2.05) is 0 Å². The third-order valence-electron chi connectivity index (χ3n) is 6.28. The summed E-state index contributed by atoms with van der Waals surface area (Å²) in [6.07, 6.45) is 0. The van der Waals surface area contributed by atoms with E-state index in [-0.39, 0.29) is 0 Å². The molecule has 5 nitrogen and oxygen atoms in total. The number of imidazole rings is 1. The Balaban J connectivity index is 1.23. The van der Waals surface area contributed by atoms with Gasteiger partial charge in [0.2, 0.25) is 0 Å². The van der Waals surface area contributed by atoms with E-state index in [0.717, 1.165) is 62.7 Å². The summed E-state index contributed by atoms with van der Waals surface area (Å²) in [6.45, 7) is 9.48. The molecule has 0 spiro atoms. The number of aromatic nitrogens is 2. The Morgan fingerprint density at radius 1 is 0.938 bits per heavy atom. The van der Waals surface area contributed by atoms with Crippen LogP contribution < -0.4 is 0 Å². The van der Waals surface area contributed by atoms with Crippen molar-refractivity contribution >= 4 is 22.4 Å². The highest BCUT2D eigenvalue weighted by Gasteiger charge is 2.17. The maximum Gasteiger partial charge on any atom is 0.148 e. The summed E-state index contributed by atoms with van der Waals surface area (Å²) in [7, 11) is 1.77. The van der Waals surface area contributed by atoms with Gasteiger partial charge in [-0.15, -0.1) is 11.3 Å². The third-order valence-corrected chi connectivity index (χ3v) is 7.42. The first-order valence-corrected chi connectivity index (χ1v) is 12.1. The molecule has 1 fully saturated rings. The lowest BCUT2D eigenvalue weighted by molar-refractivity contribution is 0.0938. The Morgan fingerprint density at radius 3 is 2.44 bits per heavy atom. The number of benzene rings is 2. The fourth-order valence-corrected chi connectivity index (χ4v) is 5.29. The van der Waals surface area contributed by atoms with Crippen molar-refractivity contribution in [1.82, 2.24) is 19.8 Å². The molecule has 2 aromatic heterocycles. The first-order chi connectivity index (χ1) is 15.7. The second kappa shape index (κ2) is 9.55. The molecule has 166 valence electrons. The van der Waals surface area contributed by atoms with Crippen LogP contribution in [0.3, 0.4) is 0 Å². The summed E-state index contributed by atoms with van der Waals surface area (Å²) in [4.78, 5) is 15.8. The number of para-hydroxylation sites is 1. The lowest BCUT2D eigenvalue weighted by atomic mass is 10.1. The van der Waals surface area contributed by atoms with Crippen molar-refractivity contribution in [3.63, 3.8) is 0 Å². The number of nitrogens with zero attached hydrogens (tertiary/aromatic N) is 3. The summed E-state index contributed by atoms with van der Waals surface area (Å²) in [5, 5.41) is 0. The number of thiophene rings is 1. The minimum absolute atomic E-state index is 0.821. The monoisotopic (exact) mass is 446 g/mol. The largest absolute Gasteiger partial charge is 0.383 e. The number of ether oxygens (including phenoxy) is 1. The van der Waals surface area contributed by atoms with Gasteiger partial charge in [-0.2, -0.15) is 0 Å². The highest BCUT2D eigenvalue weighted by atomic mass is 32.1. The summed E-state index contributed by atoms with van der Waals surface area (Å²) >= 11 is 1.79. The van der Waals surface area contributed by atoms with Gasteiger partial charge < -0.3 is 9.72 Å². The van der Waals surface area contributed by atoms with Crippen LogP contribution >= 0.6 is 11.3 Å². The van der Waals surface area contributed by atoms with E-state index in [1.165, 1.54) is 26.4 Å². The van der Waals surface area contributed by atoms with Crippen LogP contribution in [0.25, 0.3) is 32.2 Å². The number of nitrogens with one attached hydrogen (secondary N) is 1. The summed E-state index contributed by atoms with van der Waals surface area (Å²) < 4.78 is 5.20. The number of aromatic amines is 1. The standard InChI is InChI=1S/C26H30N4OS/c1-19-4-3-5-22-25(19)28-26(27-22)24-11-10-23(32-24)21-8-6-20(7-9-21)18-30-14-12-29(13-15-30)16-17-31-2/h3-11H,12-18H2,1-2H3,(H,27,28). The molecule has 0 aliphatic carbocycles. The second-order valence-corrected chi connectivity index (χ2v) is 9.61. The van der Waals surface area contributed by atoms with Crippen molar-refractivity contribution in [1.29, 1.82) is 0 Å². The second-order valence-electron chi connectivity index (χ2n) is 8.53. The van der Waals surface area contributed by atoms with E-state index in [9.17, 15) is 0 Å². The van der Waals surface area contributed by atoms with E-state index in [4.69, 9.17) is 9.72 Å². The predicted molar refractivity (Wildman–Crippen MR) is 133 cm³/mol.